The second-order valence-electron chi connectivity index (χ2n) is 6.94. The minimum Gasteiger partial charge on any atom is -0.471 e. The van der Waals surface area contributed by atoms with Crippen LogP contribution in [0, 0.1) is 5.82 Å². The smallest absolute Gasteiger partial charge is 0.221 e. The summed E-state index contributed by atoms with van der Waals surface area (Å²) in [4.78, 5) is 11.0. The van der Waals surface area contributed by atoms with Crippen LogP contribution in [0.1, 0.15) is 6.42 Å². The highest BCUT2D eigenvalue weighted by molar-refractivity contribution is 5.85. The number of fused-ring (bicyclic) bond motifs is 1. The number of nitrogens with zero attached hydrogens (tertiary/aromatic N) is 5. The first-order chi connectivity index (χ1) is 13.8. The molecule has 1 unspecified atom stereocenters. The molecule has 2 aliphatic rings. The second kappa shape index (κ2) is 8.48. The molecule has 0 amide bonds. The van der Waals surface area contributed by atoms with Gasteiger partial charge in [-0.1, -0.05) is 0 Å². The Morgan fingerprint density at radius 3 is 2.90 bits per heavy atom. The molecule has 8 nitrogen and oxygen atoms in total. The Balaban J connectivity index is 0.00000205. The summed E-state index contributed by atoms with van der Waals surface area (Å²) in [6, 6.07) is 3.77. The van der Waals surface area contributed by atoms with Crippen LogP contribution < -0.4 is 15.0 Å². The van der Waals surface area contributed by atoms with E-state index in [1.165, 1.54) is 10.7 Å². The van der Waals surface area contributed by atoms with E-state index in [4.69, 9.17) is 9.47 Å². The fraction of sp³-hybridized carbons (Fsp3) is 0.421. The Kier molecular flexibility index (Phi) is 5.79. The van der Waals surface area contributed by atoms with E-state index < -0.39 is 0 Å². The number of aromatic nitrogens is 4. The summed E-state index contributed by atoms with van der Waals surface area (Å²) in [5, 5.41) is 7.56. The highest BCUT2D eigenvalue weighted by Crippen LogP contribution is 2.33. The van der Waals surface area contributed by atoms with Crippen molar-refractivity contribution in [2.24, 2.45) is 0 Å². The van der Waals surface area contributed by atoms with Gasteiger partial charge in [0, 0.05) is 44.4 Å². The van der Waals surface area contributed by atoms with Crippen LogP contribution in [0.25, 0.3) is 16.8 Å². The van der Waals surface area contributed by atoms with E-state index in [-0.39, 0.29) is 24.3 Å². The minimum absolute atomic E-state index is 0. The molecule has 1 atom stereocenters. The molecule has 2 aliphatic heterocycles. The lowest BCUT2D eigenvalue weighted by molar-refractivity contribution is 0.138. The van der Waals surface area contributed by atoms with E-state index in [1.54, 1.807) is 12.4 Å². The summed E-state index contributed by atoms with van der Waals surface area (Å²) in [5.41, 5.74) is 2.13. The van der Waals surface area contributed by atoms with E-state index in [9.17, 15) is 4.39 Å². The van der Waals surface area contributed by atoms with E-state index in [1.807, 2.05) is 17.0 Å². The molecule has 0 aliphatic carbocycles. The third-order valence-corrected chi connectivity index (χ3v) is 5.07. The van der Waals surface area contributed by atoms with Crippen LogP contribution in [0.4, 0.5) is 10.2 Å². The third-order valence-electron chi connectivity index (χ3n) is 5.07. The van der Waals surface area contributed by atoms with Gasteiger partial charge in [-0.3, -0.25) is 0 Å². The van der Waals surface area contributed by atoms with Gasteiger partial charge in [0.2, 0.25) is 5.88 Å². The molecule has 3 aromatic rings. The van der Waals surface area contributed by atoms with Gasteiger partial charge in [0.25, 0.3) is 0 Å². The van der Waals surface area contributed by atoms with Crippen LogP contribution in [-0.4, -0.2) is 65.1 Å². The Hall–Kier alpha value is -2.49. The van der Waals surface area contributed by atoms with Crippen LogP contribution in [0.5, 0.6) is 5.88 Å². The summed E-state index contributed by atoms with van der Waals surface area (Å²) in [6.07, 6.45) is 5.57. The molecular formula is C19H22ClFN6O2. The number of hydrogen-bond acceptors (Lipinski definition) is 7. The lowest BCUT2D eigenvalue weighted by Gasteiger charge is -2.28. The van der Waals surface area contributed by atoms with Crippen molar-refractivity contribution in [2.45, 2.75) is 12.5 Å². The van der Waals surface area contributed by atoms with Crippen molar-refractivity contribution in [1.82, 2.24) is 24.9 Å². The second-order valence-corrected chi connectivity index (χ2v) is 6.94. The first kappa shape index (κ1) is 19.8. The number of ether oxygens (including phenoxy) is 2. The van der Waals surface area contributed by atoms with Crippen LogP contribution in [-0.2, 0) is 4.74 Å². The standard InChI is InChI=1S/C19H21FN6O2.ClH/c20-16-11-26-17(24-18(16)25-7-5-21-6-8-25)15(10-23-26)14-2-1-4-22-19(14)28-13-3-9-27-12-13;/h1-2,4,10-11,13,21H,3,5-9,12H2;1H. The zero-order valence-electron chi connectivity index (χ0n) is 15.8. The minimum atomic E-state index is -0.380. The van der Waals surface area contributed by atoms with Crippen molar-refractivity contribution in [2.75, 3.05) is 44.3 Å². The highest BCUT2D eigenvalue weighted by atomic mass is 35.5. The van der Waals surface area contributed by atoms with Crippen molar-refractivity contribution < 1.29 is 13.9 Å². The van der Waals surface area contributed by atoms with Gasteiger partial charge in [-0.05, 0) is 12.1 Å². The number of piperazine rings is 1. The van der Waals surface area contributed by atoms with Crippen LogP contribution >= 0.6 is 12.4 Å². The van der Waals surface area contributed by atoms with Gasteiger partial charge in [-0.25, -0.2) is 18.9 Å². The first-order valence-corrected chi connectivity index (χ1v) is 9.49. The highest BCUT2D eigenvalue weighted by Gasteiger charge is 2.23. The lowest BCUT2D eigenvalue weighted by atomic mass is 10.1. The molecule has 0 spiro atoms. The molecule has 154 valence electrons. The number of hydrogen-bond donors (Lipinski definition) is 1. The molecule has 3 aromatic heterocycles. The Bertz CT molecular complexity index is 988. The summed E-state index contributed by atoms with van der Waals surface area (Å²) < 4.78 is 27.5. The van der Waals surface area contributed by atoms with Crippen molar-refractivity contribution in [3.05, 3.63) is 36.5 Å². The van der Waals surface area contributed by atoms with Crippen molar-refractivity contribution in [3.63, 3.8) is 0 Å². The third kappa shape index (κ3) is 3.85. The predicted octanol–water partition coefficient (Wildman–Crippen LogP) is 1.93. The lowest BCUT2D eigenvalue weighted by Crippen LogP contribution is -2.44. The summed E-state index contributed by atoms with van der Waals surface area (Å²) in [6.45, 7) is 4.30. The fourth-order valence-corrected chi connectivity index (χ4v) is 3.62. The zero-order valence-corrected chi connectivity index (χ0v) is 16.6. The van der Waals surface area contributed by atoms with Crippen LogP contribution in [0.15, 0.2) is 30.7 Å². The molecule has 2 saturated heterocycles. The topological polar surface area (TPSA) is 76.8 Å². The normalized spacial score (nSPS) is 19.3. The molecule has 1 N–H and O–H groups in total. The van der Waals surface area contributed by atoms with Crippen molar-refractivity contribution >= 4 is 23.9 Å². The van der Waals surface area contributed by atoms with Gasteiger partial charge >= 0.3 is 0 Å². The van der Waals surface area contributed by atoms with Crippen molar-refractivity contribution in [3.8, 4) is 17.0 Å². The Labute approximate surface area is 173 Å². The quantitative estimate of drug-likeness (QED) is 0.691. The number of rotatable bonds is 4. The van der Waals surface area contributed by atoms with Gasteiger partial charge in [0.05, 0.1) is 31.2 Å². The Morgan fingerprint density at radius 1 is 1.24 bits per heavy atom. The van der Waals surface area contributed by atoms with Crippen LogP contribution in [0.3, 0.4) is 0 Å². The SMILES string of the molecule is Cl.Fc1cn2ncc(-c3cccnc3OC3CCOC3)c2nc1N1CCNCC1. The van der Waals surface area contributed by atoms with E-state index >= 15 is 0 Å². The van der Waals surface area contributed by atoms with E-state index in [2.05, 4.69) is 20.4 Å². The summed E-state index contributed by atoms with van der Waals surface area (Å²) in [5.74, 6) is 0.490. The van der Waals surface area contributed by atoms with Gasteiger partial charge in [-0.15, -0.1) is 12.4 Å². The number of halogens is 2. The van der Waals surface area contributed by atoms with Gasteiger partial charge in [-0.2, -0.15) is 5.10 Å². The summed E-state index contributed by atoms with van der Waals surface area (Å²) in [7, 11) is 0. The van der Waals surface area contributed by atoms with E-state index in [0.717, 1.165) is 30.6 Å². The zero-order chi connectivity index (χ0) is 18.9. The molecule has 0 saturated carbocycles. The molecule has 10 heteroatoms. The fourth-order valence-electron chi connectivity index (χ4n) is 3.62. The molecule has 0 bridgehead atoms. The number of pyridine rings is 1. The number of anilines is 1. The monoisotopic (exact) mass is 420 g/mol. The molecule has 2 fully saturated rings. The van der Waals surface area contributed by atoms with Gasteiger partial charge in [0.1, 0.15) is 6.10 Å². The maximum atomic E-state index is 14.6. The van der Waals surface area contributed by atoms with Gasteiger partial charge in [0.15, 0.2) is 17.3 Å². The van der Waals surface area contributed by atoms with Gasteiger partial charge < -0.3 is 19.7 Å². The molecular weight excluding hydrogens is 399 g/mol. The van der Waals surface area contributed by atoms with Crippen molar-refractivity contribution in [1.29, 1.82) is 0 Å². The molecule has 5 rings (SSSR count). The number of nitrogens with one attached hydrogen (secondary N) is 1. The van der Waals surface area contributed by atoms with Crippen LogP contribution in [0.2, 0.25) is 0 Å². The van der Waals surface area contributed by atoms with E-state index in [0.29, 0.717) is 43.6 Å². The maximum Gasteiger partial charge on any atom is 0.221 e. The maximum absolute atomic E-state index is 14.6. The largest absolute Gasteiger partial charge is 0.471 e. The molecule has 5 heterocycles. The molecule has 0 radical (unpaired) electrons. The average molecular weight is 421 g/mol. The average Bonchev–Trinajstić information content (AvgIpc) is 3.38. The molecule has 29 heavy (non-hydrogen) atoms. The Morgan fingerprint density at radius 2 is 2.10 bits per heavy atom. The molecule has 0 aromatic carbocycles. The summed E-state index contributed by atoms with van der Waals surface area (Å²) >= 11 is 0. The first-order valence-electron chi connectivity index (χ1n) is 9.49. The predicted molar refractivity (Wildman–Crippen MR) is 108 cm³/mol.